The summed E-state index contributed by atoms with van der Waals surface area (Å²) in [5, 5.41) is 3.72. The number of rotatable bonds is 5. The van der Waals surface area contributed by atoms with E-state index in [9.17, 15) is 13.2 Å². The van der Waals surface area contributed by atoms with Crippen molar-refractivity contribution < 1.29 is 18.1 Å². The van der Waals surface area contributed by atoms with Crippen molar-refractivity contribution in [2.24, 2.45) is 0 Å². The Hall–Kier alpha value is -1.64. The van der Waals surface area contributed by atoms with Gasteiger partial charge in [-0.15, -0.1) is 0 Å². The molecule has 0 bridgehead atoms. The minimum absolute atomic E-state index is 0.165. The highest BCUT2D eigenvalue weighted by Crippen LogP contribution is 2.29. The highest BCUT2D eigenvalue weighted by molar-refractivity contribution is 7.89. The molecular weight excluding hydrogens is 469 g/mol. The van der Waals surface area contributed by atoms with Gasteiger partial charge < -0.3 is 10.2 Å². The largest absolute Gasteiger partial charge is 0.323 e. The molecule has 1 aliphatic rings. The second-order valence-corrected chi connectivity index (χ2v) is 11.2. The van der Waals surface area contributed by atoms with Gasteiger partial charge in [0.05, 0.1) is 41.8 Å². The van der Waals surface area contributed by atoms with Gasteiger partial charge in [0.25, 0.3) is 5.91 Å². The van der Waals surface area contributed by atoms with E-state index in [0.717, 1.165) is 27.2 Å². The van der Waals surface area contributed by atoms with Crippen molar-refractivity contribution in [2.75, 3.05) is 31.5 Å². The van der Waals surface area contributed by atoms with E-state index in [2.05, 4.69) is 5.32 Å². The quantitative estimate of drug-likeness (QED) is 0.664. The average Bonchev–Trinajstić information content (AvgIpc) is 2.74. The molecule has 3 rings (SSSR count). The lowest BCUT2D eigenvalue weighted by Gasteiger charge is -2.34. The Kier molecular flexibility index (Phi) is 7.57. The van der Waals surface area contributed by atoms with Gasteiger partial charge >= 0.3 is 0 Å². The van der Waals surface area contributed by atoms with E-state index in [0.29, 0.717) is 46.8 Å². The number of amides is 1. The van der Waals surface area contributed by atoms with E-state index >= 15 is 0 Å². The van der Waals surface area contributed by atoms with Gasteiger partial charge in [-0.05, 0) is 75.1 Å². The molecule has 0 saturated carbocycles. The van der Waals surface area contributed by atoms with Crippen molar-refractivity contribution in [1.29, 1.82) is 0 Å². The molecule has 174 valence electrons. The number of nitrogens with one attached hydrogen (secondary N) is 2. The SMILES string of the molecule is Cc1cc(C)c(C)c(S(=O)(=O)N2CC[NH+]([C@H](C)C(=O)Nc3ccc(Cl)cc3Cl)CC2)c1C. The van der Waals surface area contributed by atoms with E-state index < -0.39 is 10.0 Å². The summed E-state index contributed by atoms with van der Waals surface area (Å²) >= 11 is 12.1. The number of carbonyl (C=O) groups excluding carboxylic acids is 1. The molecule has 32 heavy (non-hydrogen) atoms. The molecule has 2 aromatic carbocycles. The van der Waals surface area contributed by atoms with Crippen LogP contribution in [0.15, 0.2) is 29.2 Å². The lowest BCUT2D eigenvalue weighted by atomic mass is 10.0. The van der Waals surface area contributed by atoms with Gasteiger partial charge in [0.2, 0.25) is 10.0 Å². The first-order valence-corrected chi connectivity index (χ1v) is 12.8. The number of benzene rings is 2. The lowest BCUT2D eigenvalue weighted by molar-refractivity contribution is -0.917. The monoisotopic (exact) mass is 498 g/mol. The van der Waals surface area contributed by atoms with Gasteiger partial charge in [-0.1, -0.05) is 29.3 Å². The van der Waals surface area contributed by atoms with Crippen LogP contribution in [0.4, 0.5) is 5.69 Å². The number of aryl methyl sites for hydroxylation is 2. The summed E-state index contributed by atoms with van der Waals surface area (Å²) in [6, 6.07) is 6.59. The van der Waals surface area contributed by atoms with Crippen LogP contribution in [-0.4, -0.2) is 50.9 Å². The van der Waals surface area contributed by atoms with Crippen molar-refractivity contribution in [3.05, 3.63) is 56.6 Å². The number of piperazine rings is 1. The van der Waals surface area contributed by atoms with Crippen molar-refractivity contribution in [3.8, 4) is 0 Å². The maximum Gasteiger partial charge on any atom is 0.282 e. The van der Waals surface area contributed by atoms with Gasteiger partial charge in [-0.3, -0.25) is 4.79 Å². The van der Waals surface area contributed by atoms with Crippen LogP contribution >= 0.6 is 23.2 Å². The Morgan fingerprint density at radius 3 is 2.12 bits per heavy atom. The summed E-state index contributed by atoms with van der Waals surface area (Å²) in [5.41, 5.74) is 4.06. The van der Waals surface area contributed by atoms with Crippen molar-refractivity contribution >= 4 is 44.8 Å². The summed E-state index contributed by atoms with van der Waals surface area (Å²) in [6.45, 7) is 11.3. The summed E-state index contributed by atoms with van der Waals surface area (Å²) in [4.78, 5) is 14.2. The molecule has 0 aliphatic carbocycles. The standard InChI is InChI=1S/C23H29Cl2N3O3S/c1-14-12-15(2)17(4)22(16(14)3)32(30,31)28-10-8-27(9-11-28)18(5)23(29)26-21-7-6-19(24)13-20(21)25/h6-7,12-13,18H,8-11H2,1-5H3,(H,26,29)/p+1/t18-/m1/s1. The second kappa shape index (κ2) is 9.69. The molecule has 2 N–H and O–H groups in total. The summed E-state index contributed by atoms with van der Waals surface area (Å²) in [7, 11) is -3.61. The summed E-state index contributed by atoms with van der Waals surface area (Å²) in [6.07, 6.45) is 0. The van der Waals surface area contributed by atoms with E-state index in [-0.39, 0.29) is 11.9 Å². The Labute approximate surface area is 200 Å². The normalized spacial score (nSPS) is 16.7. The number of carbonyl (C=O) groups is 1. The number of sulfonamides is 1. The first kappa shape index (κ1) is 25.0. The minimum Gasteiger partial charge on any atom is -0.323 e. The molecule has 1 fully saturated rings. The lowest BCUT2D eigenvalue weighted by Crippen LogP contribution is -3.19. The molecule has 0 radical (unpaired) electrons. The third kappa shape index (κ3) is 4.97. The number of hydrogen-bond donors (Lipinski definition) is 2. The van der Waals surface area contributed by atoms with E-state index in [1.807, 2.05) is 40.7 Å². The van der Waals surface area contributed by atoms with Crippen LogP contribution in [0.5, 0.6) is 0 Å². The van der Waals surface area contributed by atoms with E-state index in [1.165, 1.54) is 0 Å². The fraction of sp³-hybridized carbons (Fsp3) is 0.435. The van der Waals surface area contributed by atoms with Gasteiger partial charge in [0.1, 0.15) is 0 Å². The van der Waals surface area contributed by atoms with Crippen molar-refractivity contribution in [3.63, 3.8) is 0 Å². The molecule has 9 heteroatoms. The molecule has 6 nitrogen and oxygen atoms in total. The molecule has 0 spiro atoms. The topological polar surface area (TPSA) is 70.9 Å². The predicted octanol–water partition coefficient (Wildman–Crippen LogP) is 3.14. The molecule has 1 atom stereocenters. The predicted molar refractivity (Wildman–Crippen MR) is 129 cm³/mol. The minimum atomic E-state index is -3.61. The van der Waals surface area contributed by atoms with E-state index in [4.69, 9.17) is 23.2 Å². The fourth-order valence-electron chi connectivity index (χ4n) is 4.16. The van der Waals surface area contributed by atoms with Crippen LogP contribution in [0.3, 0.4) is 0 Å². The zero-order chi connectivity index (χ0) is 23.8. The molecule has 2 aromatic rings. The van der Waals surface area contributed by atoms with Crippen molar-refractivity contribution in [1.82, 2.24) is 4.31 Å². The molecule has 1 heterocycles. The fourth-order valence-corrected chi connectivity index (χ4v) is 6.63. The first-order valence-electron chi connectivity index (χ1n) is 10.6. The van der Waals surface area contributed by atoms with Crippen LogP contribution in [-0.2, 0) is 14.8 Å². The zero-order valence-electron chi connectivity index (χ0n) is 19.1. The molecule has 0 aromatic heterocycles. The van der Waals surface area contributed by atoms with Gasteiger partial charge in [0, 0.05) is 5.02 Å². The van der Waals surface area contributed by atoms with Gasteiger partial charge in [-0.2, -0.15) is 4.31 Å². The highest BCUT2D eigenvalue weighted by atomic mass is 35.5. The number of hydrogen-bond acceptors (Lipinski definition) is 3. The smallest absolute Gasteiger partial charge is 0.282 e. The third-order valence-electron chi connectivity index (χ3n) is 6.45. The summed E-state index contributed by atoms with van der Waals surface area (Å²) < 4.78 is 28.5. The third-order valence-corrected chi connectivity index (χ3v) is 9.18. The molecule has 1 aliphatic heterocycles. The Morgan fingerprint density at radius 2 is 1.59 bits per heavy atom. The van der Waals surface area contributed by atoms with Gasteiger partial charge in [-0.25, -0.2) is 8.42 Å². The van der Waals surface area contributed by atoms with Gasteiger partial charge in [0.15, 0.2) is 6.04 Å². The molecular formula is C23H30Cl2N3O3S+. The molecule has 1 amide bonds. The Bertz CT molecular complexity index is 1120. The maximum absolute atomic E-state index is 13.5. The van der Waals surface area contributed by atoms with Crippen LogP contribution in [0.2, 0.25) is 10.0 Å². The Morgan fingerprint density at radius 1 is 1.03 bits per heavy atom. The zero-order valence-corrected chi connectivity index (χ0v) is 21.4. The number of anilines is 1. The number of quaternary nitrogens is 1. The van der Waals surface area contributed by atoms with E-state index in [1.54, 1.807) is 22.5 Å². The van der Waals surface area contributed by atoms with Crippen molar-refractivity contribution in [2.45, 2.75) is 45.6 Å². The second-order valence-electron chi connectivity index (χ2n) is 8.49. The molecule has 0 unspecified atom stereocenters. The number of halogens is 2. The van der Waals surface area contributed by atoms with Crippen LogP contribution in [0.1, 0.15) is 29.2 Å². The maximum atomic E-state index is 13.5. The van der Waals surface area contributed by atoms with Crippen LogP contribution in [0, 0.1) is 27.7 Å². The van der Waals surface area contributed by atoms with Crippen LogP contribution in [0.25, 0.3) is 0 Å². The Balaban J connectivity index is 1.70. The molecule has 1 saturated heterocycles. The first-order chi connectivity index (χ1) is 14.9. The average molecular weight is 499 g/mol. The number of nitrogens with zero attached hydrogens (tertiary/aromatic N) is 1. The summed E-state index contributed by atoms with van der Waals surface area (Å²) in [5.74, 6) is -0.165. The van der Waals surface area contributed by atoms with Crippen LogP contribution < -0.4 is 10.2 Å². The highest BCUT2D eigenvalue weighted by Gasteiger charge is 2.36.